The Morgan fingerprint density at radius 2 is 1.80 bits per heavy atom. The maximum Gasteiger partial charge on any atom is 0.416 e. The molecule has 0 radical (unpaired) electrons. The first-order valence-electron chi connectivity index (χ1n) is 6.52. The zero-order valence-corrected chi connectivity index (χ0v) is 12.0. The smallest absolute Gasteiger partial charge is 0.315 e. The van der Waals surface area contributed by atoms with Gasteiger partial charge in [-0.2, -0.15) is 13.2 Å². The van der Waals surface area contributed by atoms with Gasteiger partial charge in [-0.05, 0) is 41.3 Å². The van der Waals surface area contributed by atoms with E-state index in [9.17, 15) is 17.7 Å². The average Bonchev–Trinajstić information content (AvgIpc) is 2.79. The average molecular weight is 300 g/mol. The van der Waals surface area contributed by atoms with Gasteiger partial charge in [0.2, 0.25) is 0 Å². The van der Waals surface area contributed by atoms with Crippen LogP contribution in [0.1, 0.15) is 30.9 Å². The lowest BCUT2D eigenvalue weighted by atomic mass is 10.1. The molecule has 0 bridgehead atoms. The van der Waals surface area contributed by atoms with Crippen LogP contribution in [0, 0.1) is 0 Å². The van der Waals surface area contributed by atoms with Gasteiger partial charge >= 0.3 is 6.18 Å². The number of halogens is 3. The highest BCUT2D eigenvalue weighted by Gasteiger charge is 2.30. The first-order valence-corrected chi connectivity index (χ1v) is 8.55. The molecule has 1 heterocycles. The molecule has 108 valence electrons. The zero-order chi connectivity index (χ0) is 14.8. The van der Waals surface area contributed by atoms with Crippen LogP contribution in [-0.4, -0.2) is 6.16 Å². The van der Waals surface area contributed by atoms with Crippen molar-refractivity contribution in [1.82, 2.24) is 0 Å². The van der Waals surface area contributed by atoms with Gasteiger partial charge in [-0.15, -0.1) is 0 Å². The number of benzene rings is 1. The molecule has 1 aliphatic heterocycles. The highest BCUT2D eigenvalue weighted by Crippen LogP contribution is 2.56. The molecule has 0 saturated heterocycles. The van der Waals surface area contributed by atoms with Crippen LogP contribution < -0.4 is 0 Å². The predicted molar refractivity (Wildman–Crippen MR) is 75.9 cm³/mol. The van der Waals surface area contributed by atoms with E-state index in [4.69, 9.17) is 0 Å². The summed E-state index contributed by atoms with van der Waals surface area (Å²) in [6.07, 6.45) is -0.0856. The third-order valence-corrected chi connectivity index (χ3v) is 5.65. The monoisotopic (exact) mass is 300 g/mol. The second kappa shape index (κ2) is 5.61. The van der Waals surface area contributed by atoms with Crippen molar-refractivity contribution in [3.63, 3.8) is 0 Å². The fourth-order valence-corrected chi connectivity index (χ4v) is 4.39. The van der Waals surface area contributed by atoms with E-state index in [0.717, 1.165) is 30.5 Å². The topological polar surface area (TPSA) is 17.1 Å². The van der Waals surface area contributed by atoms with Crippen LogP contribution in [0.15, 0.2) is 42.0 Å². The van der Waals surface area contributed by atoms with E-state index in [1.165, 1.54) is 12.1 Å². The molecule has 1 nitrogen and oxygen atoms in total. The zero-order valence-electron chi connectivity index (χ0n) is 11.2. The summed E-state index contributed by atoms with van der Waals surface area (Å²) in [7, 11) is -2.42. The second-order valence-electron chi connectivity index (χ2n) is 4.91. The van der Waals surface area contributed by atoms with E-state index >= 15 is 0 Å². The fourth-order valence-electron chi connectivity index (χ4n) is 2.09. The Bertz CT molecular complexity index is 582. The van der Waals surface area contributed by atoms with E-state index in [1.807, 2.05) is 6.92 Å². The van der Waals surface area contributed by atoms with Crippen molar-refractivity contribution in [1.29, 1.82) is 0 Å². The lowest BCUT2D eigenvalue weighted by Crippen LogP contribution is -2.04. The third kappa shape index (κ3) is 3.43. The molecule has 0 aromatic heterocycles. The summed E-state index contributed by atoms with van der Waals surface area (Å²) >= 11 is 0. The Morgan fingerprint density at radius 1 is 1.15 bits per heavy atom. The largest absolute Gasteiger partial charge is 0.416 e. The molecule has 1 atom stereocenters. The van der Waals surface area contributed by atoms with Crippen LogP contribution in [-0.2, 0) is 10.7 Å². The number of hydrogen-bond acceptors (Lipinski definition) is 1. The minimum absolute atomic E-state index is 0.629. The highest BCUT2D eigenvalue weighted by molar-refractivity contribution is 7.70. The van der Waals surface area contributed by atoms with Crippen molar-refractivity contribution < 1.29 is 17.7 Å². The quantitative estimate of drug-likeness (QED) is 0.648. The summed E-state index contributed by atoms with van der Waals surface area (Å²) < 4.78 is 49.9. The standard InChI is InChI=1S/C15H16F3OP/c1-2-3-9-20(19)10-8-13(11-20)12-4-6-14(7-5-12)15(16,17)18/h4-8,10-11H,2-3,9H2,1H3/t20-/m1/s1. The fraction of sp³-hybridized carbons (Fsp3) is 0.333. The van der Waals surface area contributed by atoms with E-state index in [1.54, 1.807) is 17.7 Å². The molecule has 2 rings (SSSR count). The summed E-state index contributed by atoms with van der Waals surface area (Å²) in [5.41, 5.74) is 0.750. The van der Waals surface area contributed by atoms with Gasteiger partial charge in [0.1, 0.15) is 7.14 Å². The Balaban J connectivity index is 2.20. The molecule has 0 fully saturated rings. The summed E-state index contributed by atoms with van der Waals surface area (Å²) in [5, 5.41) is 0. The molecular weight excluding hydrogens is 284 g/mol. The van der Waals surface area contributed by atoms with Crippen LogP contribution >= 0.6 is 7.14 Å². The van der Waals surface area contributed by atoms with Crippen molar-refractivity contribution in [3.8, 4) is 0 Å². The molecular formula is C15H16F3OP. The van der Waals surface area contributed by atoms with Crippen molar-refractivity contribution in [2.45, 2.75) is 25.9 Å². The SMILES string of the molecule is CCCC[P@@]1(=O)C=CC(c2ccc(C(F)(F)F)cc2)=C1. The lowest BCUT2D eigenvalue weighted by molar-refractivity contribution is -0.137. The number of allylic oxidation sites excluding steroid dienone is 2. The molecule has 20 heavy (non-hydrogen) atoms. The Labute approximate surface area is 116 Å². The minimum Gasteiger partial charge on any atom is -0.315 e. The molecule has 0 aliphatic carbocycles. The van der Waals surface area contributed by atoms with Crippen LogP contribution in [0.4, 0.5) is 13.2 Å². The summed E-state index contributed by atoms with van der Waals surface area (Å²) in [5.74, 6) is 3.42. The number of rotatable bonds is 4. The summed E-state index contributed by atoms with van der Waals surface area (Å²) in [6.45, 7) is 2.03. The van der Waals surface area contributed by atoms with Gasteiger partial charge < -0.3 is 4.57 Å². The van der Waals surface area contributed by atoms with E-state index < -0.39 is 18.9 Å². The molecule has 1 aromatic rings. The summed E-state index contributed by atoms with van der Waals surface area (Å²) in [4.78, 5) is 0. The molecule has 5 heteroatoms. The van der Waals surface area contributed by atoms with Crippen LogP contribution in [0.5, 0.6) is 0 Å². The normalized spacial score (nSPS) is 22.1. The molecule has 0 saturated carbocycles. The van der Waals surface area contributed by atoms with Gasteiger partial charge in [0.05, 0.1) is 5.56 Å². The van der Waals surface area contributed by atoms with E-state index in [-0.39, 0.29) is 0 Å². The molecule has 0 unspecified atom stereocenters. The Morgan fingerprint density at radius 3 is 2.35 bits per heavy atom. The van der Waals surface area contributed by atoms with Crippen molar-refractivity contribution in [2.75, 3.05) is 6.16 Å². The van der Waals surface area contributed by atoms with Crippen molar-refractivity contribution >= 4 is 12.7 Å². The van der Waals surface area contributed by atoms with Gasteiger partial charge in [-0.3, -0.25) is 0 Å². The van der Waals surface area contributed by atoms with Gasteiger partial charge in [0, 0.05) is 6.16 Å². The Hall–Kier alpha value is -1.28. The highest BCUT2D eigenvalue weighted by atomic mass is 31.2. The van der Waals surface area contributed by atoms with Crippen LogP contribution in [0.3, 0.4) is 0 Å². The molecule has 1 aromatic carbocycles. The van der Waals surface area contributed by atoms with Gasteiger partial charge in [-0.25, -0.2) is 0 Å². The van der Waals surface area contributed by atoms with E-state index in [0.29, 0.717) is 11.7 Å². The first-order chi connectivity index (χ1) is 9.34. The van der Waals surface area contributed by atoms with Crippen molar-refractivity contribution in [3.05, 3.63) is 53.1 Å². The van der Waals surface area contributed by atoms with Crippen LogP contribution in [0.2, 0.25) is 0 Å². The number of hydrogen-bond donors (Lipinski definition) is 0. The Kier molecular flexibility index (Phi) is 4.24. The first kappa shape index (κ1) is 15.1. The minimum atomic E-state index is -4.32. The molecule has 0 amide bonds. The maximum atomic E-state index is 12.5. The maximum absolute atomic E-state index is 12.5. The van der Waals surface area contributed by atoms with Gasteiger partial charge in [0.15, 0.2) is 0 Å². The number of unbranched alkanes of at least 4 members (excludes halogenated alkanes) is 1. The second-order valence-corrected chi connectivity index (χ2v) is 7.62. The van der Waals surface area contributed by atoms with E-state index in [2.05, 4.69) is 0 Å². The van der Waals surface area contributed by atoms with Gasteiger partial charge in [0.25, 0.3) is 0 Å². The van der Waals surface area contributed by atoms with Gasteiger partial charge in [-0.1, -0.05) is 31.6 Å². The predicted octanol–water partition coefficient (Wildman–Crippen LogP) is 5.74. The summed E-state index contributed by atoms with van der Waals surface area (Å²) in [6, 6.07) is 4.96. The molecule has 1 aliphatic rings. The molecule has 0 spiro atoms. The number of alkyl halides is 3. The lowest BCUT2D eigenvalue weighted by Gasteiger charge is -2.08. The third-order valence-electron chi connectivity index (χ3n) is 3.27. The van der Waals surface area contributed by atoms with Crippen LogP contribution in [0.25, 0.3) is 5.57 Å². The van der Waals surface area contributed by atoms with Crippen molar-refractivity contribution in [2.24, 2.45) is 0 Å². The molecule has 0 N–H and O–H groups in total.